The number of hydrogen-bond acceptors (Lipinski definition) is 6. The van der Waals surface area contributed by atoms with Gasteiger partial charge in [-0.1, -0.05) is 91.0 Å². The van der Waals surface area contributed by atoms with Gasteiger partial charge in [-0.2, -0.15) is 0 Å². The molecule has 8 heteroatoms. The van der Waals surface area contributed by atoms with E-state index in [-0.39, 0.29) is 44.3 Å². The first-order valence-electron chi connectivity index (χ1n) is 14.3. The first-order chi connectivity index (χ1) is 19.9. The molecule has 2 amide bonds. The number of benzene rings is 3. The van der Waals surface area contributed by atoms with Gasteiger partial charge in [0.15, 0.2) is 0 Å². The molecule has 0 bridgehead atoms. The Hall–Kier alpha value is -3.56. The summed E-state index contributed by atoms with van der Waals surface area (Å²) < 4.78 is 11.3. The standard InChI is InChI=1S/C33H38N2O6/c36-30(34-19-21-40-32(34,38)24-27-13-6-2-7-14-27)18-10-17-29(23-26-11-4-1-5-12-26)31(37)35-20-22-41-33(35,39)25-28-15-8-3-9-16-28/h1-9,11-16,29,38-39H,10,17-25H2/t29-,32+,33+/m1/s1. The highest BCUT2D eigenvalue weighted by atomic mass is 16.7. The first-order valence-corrected chi connectivity index (χ1v) is 14.3. The van der Waals surface area contributed by atoms with Crippen LogP contribution in [0.1, 0.15) is 36.0 Å². The minimum Gasteiger partial charge on any atom is -0.348 e. The Bertz CT molecular complexity index is 1290. The van der Waals surface area contributed by atoms with Gasteiger partial charge in [-0.3, -0.25) is 19.4 Å². The van der Waals surface area contributed by atoms with Crippen LogP contribution >= 0.6 is 0 Å². The van der Waals surface area contributed by atoms with E-state index in [1.165, 1.54) is 9.80 Å². The summed E-state index contributed by atoms with van der Waals surface area (Å²) in [5.74, 6) is -4.26. The second-order valence-corrected chi connectivity index (χ2v) is 10.8. The normalized spacial score (nSPS) is 23.1. The largest absolute Gasteiger partial charge is 0.348 e. The average Bonchev–Trinajstić information content (AvgIpc) is 3.55. The number of ether oxygens (including phenoxy) is 2. The van der Waals surface area contributed by atoms with E-state index in [0.717, 1.165) is 16.7 Å². The molecule has 8 nitrogen and oxygen atoms in total. The molecule has 0 saturated carbocycles. The molecule has 0 unspecified atom stereocenters. The molecule has 0 aromatic heterocycles. The van der Waals surface area contributed by atoms with Gasteiger partial charge in [0, 0.05) is 38.3 Å². The van der Waals surface area contributed by atoms with E-state index in [1.54, 1.807) is 0 Å². The van der Waals surface area contributed by atoms with Gasteiger partial charge in [0.1, 0.15) is 0 Å². The third-order valence-corrected chi connectivity index (χ3v) is 7.88. The molecule has 41 heavy (non-hydrogen) atoms. The number of rotatable bonds is 11. The van der Waals surface area contributed by atoms with Gasteiger partial charge in [-0.25, -0.2) is 0 Å². The predicted molar refractivity (Wildman–Crippen MR) is 153 cm³/mol. The molecule has 3 atom stereocenters. The van der Waals surface area contributed by atoms with E-state index < -0.39 is 17.7 Å². The number of nitrogens with zero attached hydrogens (tertiary/aromatic N) is 2. The van der Waals surface area contributed by atoms with Crippen molar-refractivity contribution in [2.24, 2.45) is 5.92 Å². The summed E-state index contributed by atoms with van der Waals surface area (Å²) in [7, 11) is 0. The highest BCUT2D eigenvalue weighted by molar-refractivity contribution is 5.80. The Kier molecular flexibility index (Phi) is 9.15. The predicted octanol–water partition coefficient (Wildman–Crippen LogP) is 3.51. The second kappa shape index (κ2) is 13.0. The number of amides is 2. The number of aliphatic hydroxyl groups is 2. The average molecular weight is 559 g/mol. The smallest absolute Gasteiger partial charge is 0.255 e. The highest BCUT2D eigenvalue weighted by Gasteiger charge is 2.46. The molecule has 2 aliphatic heterocycles. The van der Waals surface area contributed by atoms with Crippen LogP contribution in [0.5, 0.6) is 0 Å². The van der Waals surface area contributed by atoms with Gasteiger partial charge in [0.25, 0.3) is 11.8 Å². The lowest BCUT2D eigenvalue weighted by Crippen LogP contribution is -2.52. The summed E-state index contributed by atoms with van der Waals surface area (Å²) in [6.07, 6.45) is 1.91. The Labute approximate surface area is 241 Å². The van der Waals surface area contributed by atoms with E-state index >= 15 is 0 Å². The summed E-state index contributed by atoms with van der Waals surface area (Å²) in [4.78, 5) is 30.0. The minimum atomic E-state index is -1.72. The minimum absolute atomic E-state index is 0.170. The molecule has 3 aromatic carbocycles. The van der Waals surface area contributed by atoms with Gasteiger partial charge in [-0.05, 0) is 36.0 Å². The molecule has 5 rings (SSSR count). The van der Waals surface area contributed by atoms with Crippen LogP contribution in [0, 0.1) is 5.92 Å². The van der Waals surface area contributed by atoms with Gasteiger partial charge in [0.2, 0.25) is 11.8 Å². The topological polar surface area (TPSA) is 99.5 Å². The molecule has 216 valence electrons. The number of carbonyl (C=O) groups is 2. The maximum atomic E-state index is 13.9. The van der Waals surface area contributed by atoms with E-state index in [1.807, 2.05) is 91.0 Å². The molecule has 2 heterocycles. The van der Waals surface area contributed by atoms with E-state index in [2.05, 4.69) is 0 Å². The zero-order valence-electron chi connectivity index (χ0n) is 23.2. The fourth-order valence-electron chi connectivity index (χ4n) is 5.79. The fourth-order valence-corrected chi connectivity index (χ4v) is 5.79. The summed E-state index contributed by atoms with van der Waals surface area (Å²) in [6.45, 7) is 1.12. The maximum absolute atomic E-state index is 13.9. The monoisotopic (exact) mass is 558 g/mol. The summed E-state index contributed by atoms with van der Waals surface area (Å²) in [5, 5.41) is 22.6. The second-order valence-electron chi connectivity index (χ2n) is 10.8. The summed E-state index contributed by atoms with van der Waals surface area (Å²) in [6, 6.07) is 28.7. The Morgan fingerprint density at radius 3 is 1.71 bits per heavy atom. The Morgan fingerprint density at radius 2 is 1.17 bits per heavy atom. The molecule has 3 aromatic rings. The van der Waals surface area contributed by atoms with Crippen molar-refractivity contribution >= 4 is 11.8 Å². The van der Waals surface area contributed by atoms with E-state index in [9.17, 15) is 19.8 Å². The van der Waals surface area contributed by atoms with Gasteiger partial charge < -0.3 is 19.7 Å². The van der Waals surface area contributed by atoms with Crippen molar-refractivity contribution in [2.75, 3.05) is 26.3 Å². The third kappa shape index (κ3) is 7.02. The SMILES string of the molecule is O=C(CCC[C@H](Cc1ccccc1)C(=O)N1CCO[C@@]1(O)Cc1ccccc1)N1CCO[C@@]1(O)Cc1ccccc1. The molecule has 2 aliphatic rings. The van der Waals surface area contributed by atoms with Crippen molar-refractivity contribution in [3.63, 3.8) is 0 Å². The fraction of sp³-hybridized carbons (Fsp3) is 0.394. The highest BCUT2D eigenvalue weighted by Crippen LogP contribution is 2.30. The van der Waals surface area contributed by atoms with Crippen molar-refractivity contribution in [3.8, 4) is 0 Å². The number of hydrogen-bond donors (Lipinski definition) is 2. The Balaban J connectivity index is 1.25. The zero-order chi connectivity index (χ0) is 28.7. The van der Waals surface area contributed by atoms with Gasteiger partial charge in [0.05, 0.1) is 13.2 Å². The van der Waals surface area contributed by atoms with E-state index in [0.29, 0.717) is 32.4 Å². The van der Waals surface area contributed by atoms with Crippen molar-refractivity contribution < 1.29 is 29.3 Å². The van der Waals surface area contributed by atoms with Crippen molar-refractivity contribution in [1.82, 2.24) is 9.80 Å². The first kappa shape index (κ1) is 29.0. The number of carbonyl (C=O) groups excluding carboxylic acids is 2. The van der Waals surface area contributed by atoms with Crippen LogP contribution in [-0.2, 0) is 38.3 Å². The van der Waals surface area contributed by atoms with Crippen LogP contribution < -0.4 is 0 Å². The van der Waals surface area contributed by atoms with Crippen LogP contribution in [0.3, 0.4) is 0 Å². The van der Waals surface area contributed by atoms with Crippen molar-refractivity contribution in [2.45, 2.75) is 50.3 Å². The van der Waals surface area contributed by atoms with Crippen LogP contribution in [0.25, 0.3) is 0 Å². The molecule has 0 radical (unpaired) electrons. The third-order valence-electron chi connectivity index (χ3n) is 7.88. The van der Waals surface area contributed by atoms with Crippen LogP contribution in [0.4, 0.5) is 0 Å². The molecule has 0 spiro atoms. The quantitative estimate of drug-likeness (QED) is 0.374. The lowest BCUT2D eigenvalue weighted by molar-refractivity contribution is -0.242. The lowest BCUT2D eigenvalue weighted by atomic mass is 9.92. The van der Waals surface area contributed by atoms with Gasteiger partial charge >= 0.3 is 0 Å². The summed E-state index contributed by atoms with van der Waals surface area (Å²) in [5.41, 5.74) is 2.75. The lowest BCUT2D eigenvalue weighted by Gasteiger charge is -2.34. The Morgan fingerprint density at radius 1 is 0.707 bits per heavy atom. The molecule has 2 saturated heterocycles. The van der Waals surface area contributed by atoms with Crippen molar-refractivity contribution in [1.29, 1.82) is 0 Å². The van der Waals surface area contributed by atoms with Gasteiger partial charge in [-0.15, -0.1) is 0 Å². The molecular formula is C33H38N2O6. The van der Waals surface area contributed by atoms with Crippen LogP contribution in [-0.4, -0.2) is 70.0 Å². The zero-order valence-corrected chi connectivity index (χ0v) is 23.2. The molecule has 2 fully saturated rings. The molecule has 2 N–H and O–H groups in total. The molecule has 0 aliphatic carbocycles. The van der Waals surface area contributed by atoms with Crippen LogP contribution in [0.15, 0.2) is 91.0 Å². The maximum Gasteiger partial charge on any atom is 0.255 e. The van der Waals surface area contributed by atoms with Crippen LogP contribution in [0.2, 0.25) is 0 Å². The summed E-state index contributed by atoms with van der Waals surface area (Å²) >= 11 is 0. The van der Waals surface area contributed by atoms with Crippen molar-refractivity contribution in [3.05, 3.63) is 108 Å². The van der Waals surface area contributed by atoms with E-state index in [4.69, 9.17) is 9.47 Å². The molecular weight excluding hydrogens is 520 g/mol.